The smallest absolute Gasteiger partial charge is 0.351 e. The average molecular weight is 479 g/mol. The zero-order valence-electron chi connectivity index (χ0n) is 18.1. The van der Waals surface area contributed by atoms with Gasteiger partial charge in [0.25, 0.3) is 5.91 Å². The number of nitrogens with zero attached hydrogens (tertiary/aromatic N) is 1. The van der Waals surface area contributed by atoms with E-state index in [0.717, 1.165) is 10.6 Å². The molecule has 0 aliphatic carbocycles. The Morgan fingerprint density at radius 2 is 1.82 bits per heavy atom. The highest BCUT2D eigenvalue weighted by Crippen LogP contribution is 2.32. The van der Waals surface area contributed by atoms with Gasteiger partial charge in [0.2, 0.25) is 6.10 Å². The van der Waals surface area contributed by atoms with Gasteiger partial charge in [0.15, 0.2) is 0 Å². The van der Waals surface area contributed by atoms with Crippen molar-refractivity contribution < 1.29 is 19.1 Å². The number of anilines is 1. The van der Waals surface area contributed by atoms with Gasteiger partial charge in [-0.05, 0) is 37.4 Å². The highest BCUT2D eigenvalue weighted by molar-refractivity contribution is 7.17. The number of thiazole rings is 1. The van der Waals surface area contributed by atoms with Crippen LogP contribution in [0.1, 0.15) is 34.0 Å². The van der Waals surface area contributed by atoms with E-state index in [2.05, 4.69) is 10.3 Å². The molecule has 168 valence electrons. The number of nitrogens with one attached hydrogen (secondary N) is 1. The van der Waals surface area contributed by atoms with Crippen LogP contribution < -0.4 is 10.1 Å². The number of carbonyl (C=O) groups is 2. The van der Waals surface area contributed by atoms with Crippen molar-refractivity contribution in [3.63, 3.8) is 0 Å². The maximum Gasteiger partial charge on any atom is 0.351 e. The molecular weight excluding hydrogens is 456 g/mol. The summed E-state index contributed by atoms with van der Waals surface area (Å²) < 4.78 is 11.3. The predicted molar refractivity (Wildman–Crippen MR) is 131 cm³/mol. The minimum atomic E-state index is -1.14. The molecule has 0 radical (unpaired) electrons. The molecule has 6 nitrogen and oxygen atoms in total. The lowest BCUT2D eigenvalue weighted by Gasteiger charge is -2.19. The second-order valence-corrected chi connectivity index (χ2v) is 8.84. The second-order valence-electron chi connectivity index (χ2n) is 7.06. The van der Waals surface area contributed by atoms with Crippen LogP contribution in [0.4, 0.5) is 5.69 Å². The van der Waals surface area contributed by atoms with Crippen molar-refractivity contribution >= 4 is 40.2 Å². The van der Waals surface area contributed by atoms with Crippen molar-refractivity contribution in [3.8, 4) is 16.3 Å². The summed E-state index contributed by atoms with van der Waals surface area (Å²) in [4.78, 5) is 31.2. The van der Waals surface area contributed by atoms with Gasteiger partial charge in [-0.15, -0.1) is 11.3 Å². The van der Waals surface area contributed by atoms with Crippen LogP contribution in [0.5, 0.6) is 5.75 Å². The monoisotopic (exact) mass is 478 g/mol. The lowest BCUT2D eigenvalue weighted by molar-refractivity contribution is -0.125. The molecule has 8 heteroatoms. The molecule has 2 aromatic carbocycles. The van der Waals surface area contributed by atoms with E-state index in [-0.39, 0.29) is 0 Å². The molecular formula is C25H22N2O4S2. The van der Waals surface area contributed by atoms with Crippen LogP contribution in [0.25, 0.3) is 10.6 Å². The van der Waals surface area contributed by atoms with Crippen LogP contribution in [-0.2, 0) is 9.53 Å². The van der Waals surface area contributed by atoms with Crippen molar-refractivity contribution in [1.82, 2.24) is 4.98 Å². The van der Waals surface area contributed by atoms with Crippen molar-refractivity contribution in [2.45, 2.75) is 20.0 Å². The molecule has 33 heavy (non-hydrogen) atoms. The summed E-state index contributed by atoms with van der Waals surface area (Å²) in [7, 11) is 0. The van der Waals surface area contributed by atoms with E-state index in [9.17, 15) is 9.59 Å². The Morgan fingerprint density at radius 1 is 1.06 bits per heavy atom. The number of amides is 1. The first-order valence-electron chi connectivity index (χ1n) is 10.4. The van der Waals surface area contributed by atoms with Gasteiger partial charge in [-0.1, -0.05) is 42.5 Å². The van der Waals surface area contributed by atoms with Crippen LogP contribution in [0.2, 0.25) is 0 Å². The van der Waals surface area contributed by atoms with Gasteiger partial charge in [0.05, 0.1) is 18.0 Å². The maximum absolute atomic E-state index is 13.3. The Bertz CT molecular complexity index is 1240. The van der Waals surface area contributed by atoms with Crippen LogP contribution in [0.15, 0.2) is 71.4 Å². The van der Waals surface area contributed by atoms with E-state index in [0.29, 0.717) is 34.2 Å². The van der Waals surface area contributed by atoms with Crippen LogP contribution in [-0.4, -0.2) is 23.5 Å². The third-order valence-corrected chi connectivity index (χ3v) is 6.63. The summed E-state index contributed by atoms with van der Waals surface area (Å²) in [5, 5.41) is 7.52. The number of thiophene rings is 1. The molecule has 0 unspecified atom stereocenters. The van der Waals surface area contributed by atoms with E-state index >= 15 is 0 Å². The predicted octanol–water partition coefficient (Wildman–Crippen LogP) is 6.12. The molecule has 4 rings (SSSR count). The fraction of sp³-hybridized carbons (Fsp3) is 0.160. The fourth-order valence-corrected chi connectivity index (χ4v) is 4.87. The van der Waals surface area contributed by atoms with Crippen molar-refractivity contribution in [2.75, 3.05) is 11.9 Å². The van der Waals surface area contributed by atoms with E-state index < -0.39 is 18.0 Å². The van der Waals surface area contributed by atoms with Gasteiger partial charge in [-0.2, -0.15) is 11.3 Å². The molecule has 0 aliphatic heterocycles. The van der Waals surface area contributed by atoms with Gasteiger partial charge in [-0.3, -0.25) is 4.79 Å². The number of esters is 1. The van der Waals surface area contributed by atoms with Crippen LogP contribution >= 0.6 is 22.7 Å². The number of hydrogen-bond acceptors (Lipinski definition) is 7. The molecule has 0 spiro atoms. The summed E-state index contributed by atoms with van der Waals surface area (Å²) in [6.45, 7) is 4.09. The van der Waals surface area contributed by atoms with E-state index in [4.69, 9.17) is 9.47 Å². The second kappa shape index (κ2) is 10.4. The first-order valence-corrected chi connectivity index (χ1v) is 12.1. The maximum atomic E-state index is 13.3. The molecule has 4 aromatic rings. The zero-order chi connectivity index (χ0) is 23.2. The molecule has 0 fully saturated rings. The topological polar surface area (TPSA) is 77.5 Å². The Labute approximate surface area is 199 Å². The Hall–Kier alpha value is -3.49. The Morgan fingerprint density at radius 3 is 2.55 bits per heavy atom. The number of aryl methyl sites for hydroxylation is 1. The standard InChI is InChI=1S/C25H22N2O4S2/c1-3-30-20-12-8-7-11-19(20)27-23(28)21(17-9-5-4-6-10-17)31-25(29)22-16(2)26-24(33-22)18-13-14-32-15-18/h4-15,21H,3H2,1-2H3,(H,27,28)/t21-/m0/s1. The number of aromatic nitrogens is 1. The molecule has 2 heterocycles. The van der Waals surface area contributed by atoms with E-state index in [1.165, 1.54) is 11.3 Å². The summed E-state index contributed by atoms with van der Waals surface area (Å²) in [6.07, 6.45) is -1.14. The normalized spacial score (nSPS) is 11.6. The fourth-order valence-electron chi connectivity index (χ4n) is 3.21. The highest BCUT2D eigenvalue weighted by Gasteiger charge is 2.28. The number of benzene rings is 2. The van der Waals surface area contributed by atoms with E-state index in [1.807, 2.05) is 35.9 Å². The van der Waals surface area contributed by atoms with E-state index in [1.54, 1.807) is 60.7 Å². The zero-order valence-corrected chi connectivity index (χ0v) is 19.7. The molecule has 0 aliphatic rings. The number of ether oxygens (including phenoxy) is 2. The Kier molecular flexibility index (Phi) is 7.16. The van der Waals surface area contributed by atoms with Crippen LogP contribution in [0.3, 0.4) is 0 Å². The first-order chi connectivity index (χ1) is 16.1. The molecule has 1 atom stereocenters. The SMILES string of the molecule is CCOc1ccccc1NC(=O)[C@@H](OC(=O)c1sc(-c2ccsc2)nc1C)c1ccccc1. The molecule has 2 aromatic heterocycles. The summed E-state index contributed by atoms with van der Waals surface area (Å²) in [6, 6.07) is 18.0. The van der Waals surface area contributed by atoms with Gasteiger partial charge < -0.3 is 14.8 Å². The molecule has 1 amide bonds. The largest absolute Gasteiger partial charge is 0.492 e. The van der Waals surface area contributed by atoms with Gasteiger partial charge >= 0.3 is 5.97 Å². The highest BCUT2D eigenvalue weighted by atomic mass is 32.1. The molecule has 0 saturated heterocycles. The summed E-state index contributed by atoms with van der Waals surface area (Å²) in [5.74, 6) is -0.513. The van der Waals surface area contributed by atoms with Crippen LogP contribution in [0, 0.1) is 6.92 Å². The summed E-state index contributed by atoms with van der Waals surface area (Å²) in [5.41, 5.74) is 2.60. The van der Waals surface area contributed by atoms with Crippen molar-refractivity contribution in [1.29, 1.82) is 0 Å². The number of rotatable bonds is 8. The first kappa shape index (κ1) is 22.7. The van der Waals surface area contributed by atoms with Gasteiger partial charge in [0.1, 0.15) is 15.6 Å². The number of para-hydroxylation sites is 2. The third kappa shape index (κ3) is 5.30. The molecule has 0 bridgehead atoms. The minimum absolute atomic E-state index is 0.375. The third-order valence-electron chi connectivity index (χ3n) is 4.76. The Balaban J connectivity index is 1.60. The van der Waals surface area contributed by atoms with Gasteiger partial charge in [0, 0.05) is 16.5 Å². The quantitative estimate of drug-likeness (QED) is 0.309. The molecule has 1 N–H and O–H groups in total. The number of carbonyl (C=O) groups excluding carboxylic acids is 2. The van der Waals surface area contributed by atoms with Gasteiger partial charge in [-0.25, -0.2) is 9.78 Å². The number of hydrogen-bond donors (Lipinski definition) is 1. The average Bonchev–Trinajstić information content (AvgIpc) is 3.49. The van der Waals surface area contributed by atoms with Crippen molar-refractivity contribution in [3.05, 3.63) is 87.6 Å². The molecule has 0 saturated carbocycles. The van der Waals surface area contributed by atoms with Crippen molar-refractivity contribution in [2.24, 2.45) is 0 Å². The summed E-state index contributed by atoms with van der Waals surface area (Å²) >= 11 is 2.82. The minimum Gasteiger partial charge on any atom is -0.492 e. The lowest BCUT2D eigenvalue weighted by Crippen LogP contribution is -2.26. The lowest BCUT2D eigenvalue weighted by atomic mass is 10.1.